The molecule has 0 radical (unpaired) electrons. The number of benzene rings is 8. The summed E-state index contributed by atoms with van der Waals surface area (Å²) in [6, 6.07) is 66.1. The molecule has 3 heteroatoms. The summed E-state index contributed by atoms with van der Waals surface area (Å²) < 4.78 is 5.00. The van der Waals surface area contributed by atoms with Gasteiger partial charge in [-0.3, -0.25) is 0 Å². The van der Waals surface area contributed by atoms with Crippen LogP contribution in [0.5, 0.6) is 0 Å². The van der Waals surface area contributed by atoms with Crippen molar-refractivity contribution in [1.82, 2.24) is 4.57 Å². The molecule has 49 heavy (non-hydrogen) atoms. The number of aromatic nitrogens is 1. The summed E-state index contributed by atoms with van der Waals surface area (Å²) in [6.45, 7) is 0. The number of rotatable bonds is 5. The van der Waals surface area contributed by atoms with Crippen LogP contribution >= 0.6 is 11.3 Å². The summed E-state index contributed by atoms with van der Waals surface area (Å²) >= 11 is 1.89. The summed E-state index contributed by atoms with van der Waals surface area (Å²) in [5, 5.41) is 7.57. The molecule has 0 N–H and O–H groups in total. The van der Waals surface area contributed by atoms with E-state index in [0.717, 1.165) is 17.1 Å². The van der Waals surface area contributed by atoms with Gasteiger partial charge in [-0.25, -0.2) is 0 Å². The molecule has 10 rings (SSSR count). The van der Waals surface area contributed by atoms with Crippen LogP contribution in [0, 0.1) is 0 Å². The summed E-state index contributed by atoms with van der Waals surface area (Å²) in [5.41, 5.74) is 9.39. The fourth-order valence-electron chi connectivity index (χ4n) is 7.61. The van der Waals surface area contributed by atoms with Crippen molar-refractivity contribution >= 4 is 81.1 Å². The number of thiophene rings is 1. The van der Waals surface area contributed by atoms with E-state index in [4.69, 9.17) is 0 Å². The van der Waals surface area contributed by atoms with E-state index >= 15 is 0 Å². The predicted molar refractivity (Wildman–Crippen MR) is 211 cm³/mol. The second-order valence-corrected chi connectivity index (χ2v) is 13.6. The molecular formula is C46H30N2S. The van der Waals surface area contributed by atoms with Gasteiger partial charge in [-0.2, -0.15) is 0 Å². The van der Waals surface area contributed by atoms with Crippen LogP contribution < -0.4 is 4.90 Å². The van der Waals surface area contributed by atoms with E-state index in [1.807, 2.05) is 11.3 Å². The van der Waals surface area contributed by atoms with Gasteiger partial charge in [0.2, 0.25) is 0 Å². The average molecular weight is 643 g/mol. The lowest BCUT2D eigenvalue weighted by Gasteiger charge is -2.29. The zero-order valence-electron chi connectivity index (χ0n) is 26.6. The normalized spacial score (nSPS) is 11.7. The first-order valence-electron chi connectivity index (χ1n) is 16.7. The molecular weight excluding hydrogens is 613 g/mol. The van der Waals surface area contributed by atoms with Crippen LogP contribution in [-0.2, 0) is 0 Å². The third-order valence-corrected chi connectivity index (χ3v) is 11.0. The third-order valence-electron chi connectivity index (χ3n) is 9.75. The van der Waals surface area contributed by atoms with Crippen LogP contribution in [-0.4, -0.2) is 4.57 Å². The molecule has 2 aromatic heterocycles. The number of para-hydroxylation sites is 3. The number of hydrogen-bond donors (Lipinski definition) is 0. The lowest BCUT2D eigenvalue weighted by molar-refractivity contribution is 1.18. The molecule has 0 aliphatic heterocycles. The average Bonchev–Trinajstić information content (AvgIpc) is 3.72. The lowest BCUT2D eigenvalue weighted by Crippen LogP contribution is -2.12. The van der Waals surface area contributed by atoms with Crippen molar-refractivity contribution in [3.8, 4) is 16.8 Å². The molecule has 10 aromatic rings. The van der Waals surface area contributed by atoms with Gasteiger partial charge in [-0.15, -0.1) is 11.3 Å². The quantitative estimate of drug-likeness (QED) is 0.181. The summed E-state index contributed by atoms with van der Waals surface area (Å²) in [4.78, 5) is 2.50. The standard InChI is InChI=1S/C46H30N2S/c1-3-15-31(16-4-1)35-20-9-12-24-40(35)48(43-29-32-17-7-8-21-36(32)46-45(43)38-23-11-14-26-44(38)49-46)34-27-28-42-39(30-34)37-22-10-13-25-41(37)47(42)33-18-5-2-6-19-33/h1-30H. The molecule has 230 valence electrons. The van der Waals surface area contributed by atoms with E-state index < -0.39 is 0 Å². The maximum absolute atomic E-state index is 2.50. The maximum atomic E-state index is 2.50. The molecule has 0 aliphatic carbocycles. The van der Waals surface area contributed by atoms with Crippen LogP contribution in [0.2, 0.25) is 0 Å². The van der Waals surface area contributed by atoms with E-state index in [9.17, 15) is 0 Å². The summed E-state index contributed by atoms with van der Waals surface area (Å²) in [6.07, 6.45) is 0. The third kappa shape index (κ3) is 4.40. The van der Waals surface area contributed by atoms with Crippen molar-refractivity contribution < 1.29 is 0 Å². The van der Waals surface area contributed by atoms with Crippen LogP contribution in [0.25, 0.3) is 69.6 Å². The maximum Gasteiger partial charge on any atom is 0.0561 e. The Bertz CT molecular complexity index is 2830. The molecule has 2 nitrogen and oxygen atoms in total. The van der Waals surface area contributed by atoms with Gasteiger partial charge in [0, 0.05) is 47.9 Å². The lowest BCUT2D eigenvalue weighted by atomic mass is 9.99. The predicted octanol–water partition coefficient (Wildman–Crippen LogP) is 13.4. The summed E-state index contributed by atoms with van der Waals surface area (Å²) in [5.74, 6) is 0. The van der Waals surface area contributed by atoms with Crippen molar-refractivity contribution in [3.63, 3.8) is 0 Å². The van der Waals surface area contributed by atoms with E-state index in [1.165, 1.54) is 69.6 Å². The minimum absolute atomic E-state index is 1.12. The smallest absolute Gasteiger partial charge is 0.0561 e. The fourth-order valence-corrected chi connectivity index (χ4v) is 8.87. The summed E-state index contributed by atoms with van der Waals surface area (Å²) in [7, 11) is 0. The van der Waals surface area contributed by atoms with Gasteiger partial charge in [-0.05, 0) is 70.9 Å². The van der Waals surface area contributed by atoms with E-state index in [-0.39, 0.29) is 0 Å². The highest BCUT2D eigenvalue weighted by molar-refractivity contribution is 7.26. The van der Waals surface area contributed by atoms with E-state index in [1.54, 1.807) is 0 Å². The zero-order chi connectivity index (χ0) is 32.3. The van der Waals surface area contributed by atoms with Crippen molar-refractivity contribution in [2.24, 2.45) is 0 Å². The van der Waals surface area contributed by atoms with Crippen LogP contribution in [0.3, 0.4) is 0 Å². The van der Waals surface area contributed by atoms with Crippen molar-refractivity contribution in [1.29, 1.82) is 0 Å². The highest BCUT2D eigenvalue weighted by Gasteiger charge is 2.24. The molecule has 0 unspecified atom stereocenters. The van der Waals surface area contributed by atoms with Crippen LogP contribution in [0.4, 0.5) is 17.1 Å². The Kier molecular flexibility index (Phi) is 6.39. The van der Waals surface area contributed by atoms with Gasteiger partial charge >= 0.3 is 0 Å². The number of fused-ring (bicyclic) bond motifs is 8. The SMILES string of the molecule is c1ccc(-c2ccccc2N(c2ccc3c(c2)c2ccccc2n3-c2ccccc2)c2cc3ccccc3c3sc4ccccc4c23)cc1. The van der Waals surface area contributed by atoms with Crippen molar-refractivity contribution in [2.75, 3.05) is 4.90 Å². The molecule has 0 aliphatic rings. The van der Waals surface area contributed by atoms with E-state index in [0.29, 0.717) is 0 Å². The second kappa shape index (κ2) is 11.2. The monoisotopic (exact) mass is 642 g/mol. The minimum Gasteiger partial charge on any atom is -0.309 e. The Morgan fingerprint density at radius 2 is 1.10 bits per heavy atom. The Morgan fingerprint density at radius 1 is 0.449 bits per heavy atom. The number of hydrogen-bond acceptors (Lipinski definition) is 2. The Morgan fingerprint density at radius 3 is 1.96 bits per heavy atom. The van der Waals surface area contributed by atoms with Crippen LogP contribution in [0.1, 0.15) is 0 Å². The van der Waals surface area contributed by atoms with Gasteiger partial charge in [-0.1, -0.05) is 127 Å². The largest absolute Gasteiger partial charge is 0.309 e. The van der Waals surface area contributed by atoms with Gasteiger partial charge in [0.15, 0.2) is 0 Å². The molecule has 0 spiro atoms. The Balaban J connectivity index is 1.33. The molecule has 0 saturated carbocycles. The first kappa shape index (κ1) is 27.9. The van der Waals surface area contributed by atoms with Crippen molar-refractivity contribution in [2.45, 2.75) is 0 Å². The molecule has 0 fully saturated rings. The number of anilines is 3. The van der Waals surface area contributed by atoms with Crippen LogP contribution in [0.15, 0.2) is 182 Å². The van der Waals surface area contributed by atoms with E-state index in [2.05, 4.69) is 191 Å². The van der Waals surface area contributed by atoms with Gasteiger partial charge in [0.1, 0.15) is 0 Å². The highest BCUT2D eigenvalue weighted by Crippen LogP contribution is 2.50. The minimum atomic E-state index is 1.12. The molecule has 0 amide bonds. The zero-order valence-corrected chi connectivity index (χ0v) is 27.4. The van der Waals surface area contributed by atoms with Gasteiger partial charge in [0.05, 0.1) is 22.4 Å². The highest BCUT2D eigenvalue weighted by atomic mass is 32.1. The molecule has 0 bridgehead atoms. The number of nitrogens with zero attached hydrogens (tertiary/aromatic N) is 2. The fraction of sp³-hybridized carbons (Fsp3) is 0. The van der Waals surface area contributed by atoms with Gasteiger partial charge < -0.3 is 9.47 Å². The Hall–Kier alpha value is -6.16. The molecule has 8 aromatic carbocycles. The Labute approximate surface area is 288 Å². The molecule has 2 heterocycles. The first-order valence-corrected chi connectivity index (χ1v) is 17.5. The molecule has 0 saturated heterocycles. The second-order valence-electron chi connectivity index (χ2n) is 12.5. The first-order chi connectivity index (χ1) is 24.3. The molecule has 0 atom stereocenters. The van der Waals surface area contributed by atoms with Crippen molar-refractivity contribution in [3.05, 3.63) is 182 Å². The van der Waals surface area contributed by atoms with Gasteiger partial charge in [0.25, 0.3) is 0 Å². The topological polar surface area (TPSA) is 8.17 Å².